The van der Waals surface area contributed by atoms with E-state index in [1.165, 1.54) is 231 Å². The van der Waals surface area contributed by atoms with Crippen LogP contribution in [0.4, 0.5) is 0 Å². The van der Waals surface area contributed by atoms with Crippen molar-refractivity contribution < 1.29 is 64.6 Å². The Morgan fingerprint density at radius 3 is 1.17 bits per heavy atom. The van der Waals surface area contributed by atoms with Gasteiger partial charge in [0.15, 0.2) is 12.6 Å². The summed E-state index contributed by atoms with van der Waals surface area (Å²) in [5.74, 6) is -0.240. The minimum atomic E-state index is -1.79. The Kier molecular flexibility index (Phi) is 49.2. The van der Waals surface area contributed by atoms with Crippen LogP contribution in [0.2, 0.25) is 0 Å². The summed E-state index contributed by atoms with van der Waals surface area (Å²) in [4.78, 5) is 13.3. The van der Waals surface area contributed by atoms with Crippen molar-refractivity contribution in [3.63, 3.8) is 0 Å². The number of rotatable bonds is 56. The first-order chi connectivity index (χ1) is 39.6. The van der Waals surface area contributed by atoms with E-state index >= 15 is 0 Å². The van der Waals surface area contributed by atoms with Gasteiger partial charge in [-0.15, -0.1) is 0 Å². The summed E-state index contributed by atoms with van der Waals surface area (Å²) in [6.45, 7) is 2.83. The van der Waals surface area contributed by atoms with Crippen molar-refractivity contribution in [2.75, 3.05) is 19.8 Å². The van der Waals surface area contributed by atoms with E-state index in [-0.39, 0.29) is 18.9 Å². The van der Waals surface area contributed by atoms with Gasteiger partial charge < -0.3 is 65.1 Å². The molecule has 0 radical (unpaired) electrons. The molecule has 2 aliphatic rings. The molecule has 0 spiro atoms. The fourth-order valence-electron chi connectivity index (χ4n) is 11.4. The lowest BCUT2D eigenvalue weighted by Gasteiger charge is -2.46. The van der Waals surface area contributed by atoms with E-state index in [1.54, 1.807) is 6.08 Å². The first kappa shape index (κ1) is 75.6. The van der Waals surface area contributed by atoms with Crippen LogP contribution in [0.1, 0.15) is 303 Å². The molecule has 0 bridgehead atoms. The van der Waals surface area contributed by atoms with Crippen LogP contribution in [0.5, 0.6) is 0 Å². The monoisotopic (exact) mass is 1150 g/mol. The Hall–Kier alpha value is -1.53. The molecular formula is C67H127NO13. The number of hydrogen-bond acceptors (Lipinski definition) is 13. The minimum Gasteiger partial charge on any atom is -0.394 e. The zero-order valence-corrected chi connectivity index (χ0v) is 51.8. The van der Waals surface area contributed by atoms with Crippen molar-refractivity contribution in [2.24, 2.45) is 0 Å². The van der Waals surface area contributed by atoms with Gasteiger partial charge in [-0.05, 0) is 44.9 Å². The van der Waals surface area contributed by atoms with Crippen molar-refractivity contribution in [3.05, 3.63) is 24.3 Å². The average molecular weight is 1150 g/mol. The number of hydrogen-bond donors (Lipinski definition) is 9. The predicted molar refractivity (Wildman–Crippen MR) is 328 cm³/mol. The summed E-state index contributed by atoms with van der Waals surface area (Å²) in [5, 5.41) is 87.3. The molecular weight excluding hydrogens is 1030 g/mol. The normalized spacial score (nSPS) is 24.2. The van der Waals surface area contributed by atoms with E-state index in [1.807, 2.05) is 6.08 Å². The topological polar surface area (TPSA) is 228 Å². The molecule has 1 amide bonds. The molecule has 81 heavy (non-hydrogen) atoms. The van der Waals surface area contributed by atoms with Crippen LogP contribution in [0.15, 0.2) is 24.3 Å². The predicted octanol–water partition coefficient (Wildman–Crippen LogP) is 13.2. The van der Waals surface area contributed by atoms with Gasteiger partial charge in [0.25, 0.3) is 0 Å². The number of allylic oxidation sites excluding steroid dienone is 3. The van der Waals surface area contributed by atoms with Crippen molar-refractivity contribution in [3.8, 4) is 0 Å². The van der Waals surface area contributed by atoms with Crippen molar-refractivity contribution in [2.45, 2.75) is 376 Å². The highest BCUT2D eigenvalue weighted by Crippen LogP contribution is 2.30. The molecule has 12 unspecified atom stereocenters. The van der Waals surface area contributed by atoms with E-state index in [9.17, 15) is 45.6 Å². The maximum Gasteiger partial charge on any atom is 0.220 e. The van der Waals surface area contributed by atoms with Crippen LogP contribution in [0.25, 0.3) is 0 Å². The number of carbonyl (C=O) groups is 1. The lowest BCUT2D eigenvalue weighted by Crippen LogP contribution is -2.65. The summed E-state index contributed by atoms with van der Waals surface area (Å²) in [7, 11) is 0. The molecule has 0 aliphatic carbocycles. The molecule has 14 nitrogen and oxygen atoms in total. The highest BCUT2D eigenvalue weighted by atomic mass is 16.7. The molecule has 2 fully saturated rings. The fourth-order valence-corrected chi connectivity index (χ4v) is 11.4. The summed E-state index contributed by atoms with van der Waals surface area (Å²) < 4.78 is 22.8. The standard InChI is InChI=1S/C67H127NO13/c1-3-5-7-9-11-13-15-17-19-21-23-24-25-26-27-28-29-30-31-32-33-34-36-38-40-42-44-46-48-50-56(71)55(68-59(72)51-49-47-45-43-41-39-37-35-22-20-18-16-14-12-10-8-6-4-2)54-78-66-64(77)62(75)65(58(53-70)80-66)81-67-63(76)61(74)60(73)57(52-69)79-67/h20,22,48,50,55-58,60-67,69-71,73-77H,3-19,21,23-47,49,51-54H2,1-2H3,(H,68,72)/b22-20-,50-48+. The minimum absolute atomic E-state index is 0.240. The first-order valence-electron chi connectivity index (χ1n) is 34.1. The third-order valence-corrected chi connectivity index (χ3v) is 16.9. The number of nitrogens with one attached hydrogen (secondary N) is 1. The third-order valence-electron chi connectivity index (χ3n) is 16.9. The molecule has 2 heterocycles. The van der Waals surface area contributed by atoms with Gasteiger partial charge in [0, 0.05) is 6.42 Å². The fraction of sp³-hybridized carbons (Fsp3) is 0.925. The second kappa shape index (κ2) is 52.8. The Bertz CT molecular complexity index is 1450. The zero-order chi connectivity index (χ0) is 58.8. The number of amides is 1. The van der Waals surface area contributed by atoms with Gasteiger partial charge in [-0.3, -0.25) is 4.79 Å². The molecule has 0 aromatic carbocycles. The van der Waals surface area contributed by atoms with Crippen LogP contribution in [-0.4, -0.2) is 140 Å². The highest BCUT2D eigenvalue weighted by Gasteiger charge is 2.51. The van der Waals surface area contributed by atoms with Crippen LogP contribution in [-0.2, 0) is 23.7 Å². The summed E-state index contributed by atoms with van der Waals surface area (Å²) in [5.41, 5.74) is 0. The zero-order valence-electron chi connectivity index (χ0n) is 51.8. The van der Waals surface area contributed by atoms with Crippen LogP contribution < -0.4 is 5.32 Å². The number of aliphatic hydroxyl groups is 8. The quantitative estimate of drug-likeness (QED) is 0.0204. The Labute approximate surface area is 494 Å². The molecule has 2 aliphatic heterocycles. The second-order valence-corrected chi connectivity index (χ2v) is 24.3. The Morgan fingerprint density at radius 2 is 0.778 bits per heavy atom. The second-order valence-electron chi connectivity index (χ2n) is 24.3. The van der Waals surface area contributed by atoms with Gasteiger partial charge in [0.2, 0.25) is 5.91 Å². The van der Waals surface area contributed by atoms with Gasteiger partial charge in [0.1, 0.15) is 48.8 Å². The third kappa shape index (κ3) is 37.6. The summed E-state index contributed by atoms with van der Waals surface area (Å²) in [6.07, 6.45) is 48.0. The molecule has 0 aromatic heterocycles. The first-order valence-corrected chi connectivity index (χ1v) is 34.1. The number of ether oxygens (including phenoxy) is 4. The maximum atomic E-state index is 13.3. The largest absolute Gasteiger partial charge is 0.394 e. The Balaban J connectivity index is 1.68. The maximum absolute atomic E-state index is 13.3. The molecule has 478 valence electrons. The van der Waals surface area contributed by atoms with E-state index in [2.05, 4.69) is 31.3 Å². The van der Waals surface area contributed by atoms with E-state index in [4.69, 9.17) is 18.9 Å². The Morgan fingerprint density at radius 1 is 0.432 bits per heavy atom. The molecule has 2 saturated heterocycles. The molecule has 9 N–H and O–H groups in total. The molecule has 2 rings (SSSR count). The molecule has 0 aromatic rings. The summed E-state index contributed by atoms with van der Waals surface area (Å²) in [6, 6.07) is -0.916. The molecule has 14 heteroatoms. The SMILES string of the molecule is CCCCCCCCC/C=C\CCCCCCCCCC(=O)NC(COC1OC(CO)C(OC2OC(CO)C(O)C(O)C2O)C(O)C1O)C(O)/C=C/CCCCCCCCCCCCCCCCCCCCCCCCCCCCC. The van der Waals surface area contributed by atoms with Crippen LogP contribution >= 0.6 is 0 Å². The smallest absolute Gasteiger partial charge is 0.220 e. The lowest BCUT2D eigenvalue weighted by molar-refractivity contribution is -0.359. The van der Waals surface area contributed by atoms with Gasteiger partial charge in [-0.25, -0.2) is 0 Å². The average Bonchev–Trinajstić information content (AvgIpc) is 3.62. The van der Waals surface area contributed by atoms with E-state index in [0.717, 1.165) is 44.9 Å². The number of carbonyl (C=O) groups excluding carboxylic acids is 1. The van der Waals surface area contributed by atoms with Gasteiger partial charge >= 0.3 is 0 Å². The summed E-state index contributed by atoms with van der Waals surface area (Å²) >= 11 is 0. The molecule has 12 atom stereocenters. The van der Waals surface area contributed by atoms with Crippen LogP contribution in [0, 0.1) is 0 Å². The van der Waals surface area contributed by atoms with Gasteiger partial charge in [-0.2, -0.15) is 0 Å². The highest BCUT2D eigenvalue weighted by molar-refractivity contribution is 5.76. The molecule has 0 saturated carbocycles. The lowest BCUT2D eigenvalue weighted by atomic mass is 9.97. The van der Waals surface area contributed by atoms with E-state index < -0.39 is 86.8 Å². The van der Waals surface area contributed by atoms with Crippen molar-refractivity contribution in [1.82, 2.24) is 5.32 Å². The van der Waals surface area contributed by atoms with E-state index in [0.29, 0.717) is 6.42 Å². The van der Waals surface area contributed by atoms with Gasteiger partial charge in [0.05, 0.1) is 32.0 Å². The number of aliphatic hydroxyl groups excluding tert-OH is 8. The van der Waals surface area contributed by atoms with Crippen molar-refractivity contribution in [1.29, 1.82) is 0 Å². The van der Waals surface area contributed by atoms with Gasteiger partial charge in [-0.1, -0.05) is 276 Å². The number of unbranched alkanes of at least 4 members (excludes halogenated alkanes) is 41. The van der Waals surface area contributed by atoms with Crippen molar-refractivity contribution >= 4 is 5.91 Å². The van der Waals surface area contributed by atoms with Crippen LogP contribution in [0.3, 0.4) is 0 Å².